The third-order valence-electron chi connectivity index (χ3n) is 7.72. The molecule has 0 aromatic carbocycles. The maximum atomic E-state index is 12.7. The van der Waals surface area contributed by atoms with Crippen molar-refractivity contribution in [3.63, 3.8) is 0 Å². The van der Waals surface area contributed by atoms with Gasteiger partial charge in [-0.05, 0) is 63.5 Å². The molecule has 3 heterocycles. The van der Waals surface area contributed by atoms with Gasteiger partial charge < -0.3 is 35.7 Å². The van der Waals surface area contributed by atoms with E-state index in [2.05, 4.69) is 52.3 Å². The Morgan fingerprint density at radius 3 is 2.79 bits per heavy atom. The number of hydrogen-bond donors (Lipinski definition) is 4. The summed E-state index contributed by atoms with van der Waals surface area (Å²) in [5, 5.41) is 17.9. The zero-order valence-electron chi connectivity index (χ0n) is 25.4. The van der Waals surface area contributed by atoms with Crippen molar-refractivity contribution in [2.24, 2.45) is 10.9 Å². The van der Waals surface area contributed by atoms with Gasteiger partial charge in [0.25, 0.3) is 0 Å². The molecule has 5 N–H and O–H groups in total. The van der Waals surface area contributed by atoms with E-state index in [9.17, 15) is 18.6 Å². The molecule has 43 heavy (non-hydrogen) atoms. The maximum absolute atomic E-state index is 12.7. The van der Waals surface area contributed by atoms with E-state index in [1.165, 1.54) is 6.33 Å². The molecule has 10 nitrogen and oxygen atoms in total. The molecule has 1 aromatic rings. The van der Waals surface area contributed by atoms with Gasteiger partial charge >= 0.3 is 6.18 Å². The quantitative estimate of drug-likeness (QED) is 0.188. The Morgan fingerprint density at radius 2 is 2.12 bits per heavy atom. The van der Waals surface area contributed by atoms with Crippen LogP contribution in [0.1, 0.15) is 59.3 Å². The normalized spacial score (nSPS) is 26.5. The Balaban J connectivity index is 1.67. The molecule has 1 saturated carbocycles. The van der Waals surface area contributed by atoms with Gasteiger partial charge in [0, 0.05) is 43.2 Å². The van der Waals surface area contributed by atoms with Crippen LogP contribution in [0.4, 0.5) is 19.0 Å². The lowest BCUT2D eigenvalue weighted by atomic mass is 9.88. The van der Waals surface area contributed by atoms with Crippen LogP contribution in [-0.4, -0.2) is 90.2 Å². The second kappa shape index (κ2) is 15.7. The van der Waals surface area contributed by atoms with Crippen molar-refractivity contribution in [1.29, 1.82) is 5.41 Å². The van der Waals surface area contributed by atoms with E-state index < -0.39 is 12.8 Å². The zero-order chi connectivity index (χ0) is 30.8. The first-order chi connectivity index (χ1) is 20.6. The number of alkyl halides is 3. The minimum absolute atomic E-state index is 0.0349. The number of amidine groups is 1. The van der Waals surface area contributed by atoms with Crippen molar-refractivity contribution >= 4 is 17.4 Å². The van der Waals surface area contributed by atoms with Gasteiger partial charge in [-0.25, -0.2) is 15.0 Å². The van der Waals surface area contributed by atoms with Crippen LogP contribution >= 0.6 is 0 Å². The fourth-order valence-corrected chi connectivity index (χ4v) is 5.36. The minimum Gasteiger partial charge on any atom is -0.375 e. The SMILES string of the molecule is CCC(CCC(=N)/C1=C([NH2+]CCOCC(F)(F)F)/C(Nc2ccncn2)=N\C(N2CCN[C@H](C)C2)=C\CC1C)OC1CC1. The molecule has 4 rings (SSSR count). The Labute approximate surface area is 252 Å². The second-order valence-electron chi connectivity index (χ2n) is 11.6. The highest BCUT2D eigenvalue weighted by molar-refractivity contribution is 6.12. The summed E-state index contributed by atoms with van der Waals surface area (Å²) < 4.78 is 49.3. The molecule has 13 heteroatoms. The van der Waals surface area contributed by atoms with Gasteiger partial charge in [-0.15, -0.1) is 0 Å². The number of nitrogens with zero attached hydrogens (tertiary/aromatic N) is 4. The van der Waals surface area contributed by atoms with Gasteiger partial charge in [0.15, 0.2) is 11.5 Å². The standard InChI is InChI=1S/C30H45F3N8O2/c1-4-22(43-23-6-7-23)8-9-24(34)27-20(2)5-10-26(41-15-13-36-21(3)17-41)40-29(39-25-11-12-35-19-38-25)28(27)37-14-16-42-18-30(31,32)33/h10-12,19-23,34,36-37H,4-9,13-18H2,1-3H3,(H,35,38,39,40)/p+1/b26-10-,28-27-,34-24?/t20?,21-,22?/m1/s1. The number of allylic oxidation sites excluding steroid dienone is 2. The van der Waals surface area contributed by atoms with Crippen molar-refractivity contribution in [1.82, 2.24) is 20.2 Å². The molecule has 0 radical (unpaired) electrons. The highest BCUT2D eigenvalue weighted by Gasteiger charge is 2.31. The van der Waals surface area contributed by atoms with Crippen LogP contribution < -0.4 is 16.0 Å². The predicted molar refractivity (Wildman–Crippen MR) is 160 cm³/mol. The first kappa shape index (κ1) is 33.0. The molecule has 2 fully saturated rings. The highest BCUT2D eigenvalue weighted by atomic mass is 19.4. The van der Waals surface area contributed by atoms with Crippen LogP contribution in [0.2, 0.25) is 0 Å². The van der Waals surface area contributed by atoms with Crippen LogP contribution in [0.3, 0.4) is 0 Å². The van der Waals surface area contributed by atoms with E-state index in [-0.39, 0.29) is 25.2 Å². The zero-order valence-corrected chi connectivity index (χ0v) is 25.4. The average Bonchev–Trinajstić information content (AvgIpc) is 3.79. The topological polar surface area (TPSA) is 124 Å². The minimum atomic E-state index is -4.39. The summed E-state index contributed by atoms with van der Waals surface area (Å²) in [7, 11) is 0. The summed E-state index contributed by atoms with van der Waals surface area (Å²) in [4.78, 5) is 15.7. The fraction of sp³-hybridized carbons (Fsp3) is 0.667. The summed E-state index contributed by atoms with van der Waals surface area (Å²) in [6.45, 7) is 7.58. The number of rotatable bonds is 14. The van der Waals surface area contributed by atoms with Gasteiger partial charge in [-0.2, -0.15) is 13.2 Å². The second-order valence-corrected chi connectivity index (χ2v) is 11.6. The summed E-state index contributed by atoms with van der Waals surface area (Å²) in [5.74, 6) is 1.82. The summed E-state index contributed by atoms with van der Waals surface area (Å²) >= 11 is 0. The van der Waals surface area contributed by atoms with Gasteiger partial charge in [0.2, 0.25) is 0 Å². The Hall–Kier alpha value is -2.87. The van der Waals surface area contributed by atoms with Crippen LogP contribution in [0, 0.1) is 11.3 Å². The van der Waals surface area contributed by atoms with Gasteiger partial charge in [-0.1, -0.05) is 13.8 Å². The lowest BCUT2D eigenvalue weighted by molar-refractivity contribution is -0.601. The van der Waals surface area contributed by atoms with Gasteiger partial charge in [0.05, 0.1) is 18.8 Å². The molecule has 1 saturated heterocycles. The highest BCUT2D eigenvalue weighted by Crippen LogP contribution is 2.29. The molecule has 1 aromatic heterocycles. The van der Waals surface area contributed by atoms with Gasteiger partial charge in [0.1, 0.15) is 31.1 Å². The molecule has 3 atom stereocenters. The van der Waals surface area contributed by atoms with Crippen molar-refractivity contribution in [3.8, 4) is 0 Å². The largest absolute Gasteiger partial charge is 0.411 e. The first-order valence-corrected chi connectivity index (χ1v) is 15.4. The van der Waals surface area contributed by atoms with Crippen molar-refractivity contribution in [3.05, 3.63) is 41.8 Å². The van der Waals surface area contributed by atoms with Crippen LogP contribution in [0.25, 0.3) is 0 Å². The molecule has 238 valence electrons. The lowest BCUT2D eigenvalue weighted by Crippen LogP contribution is -2.85. The number of quaternary nitrogens is 1. The molecular formula is C30H46F3N8O2+. The molecule has 0 spiro atoms. The van der Waals surface area contributed by atoms with Crippen LogP contribution in [-0.2, 0) is 9.47 Å². The number of hydrogen-bond acceptors (Lipinski definition) is 9. The van der Waals surface area contributed by atoms with Crippen molar-refractivity contribution in [2.45, 2.75) is 83.7 Å². The number of anilines is 1. The number of halogens is 3. The number of ether oxygens (including phenoxy) is 2. The molecule has 0 bridgehead atoms. The Bertz CT molecular complexity index is 1150. The lowest BCUT2D eigenvalue weighted by Gasteiger charge is -2.34. The van der Waals surface area contributed by atoms with Crippen LogP contribution in [0.15, 0.2) is 46.8 Å². The van der Waals surface area contributed by atoms with Crippen molar-refractivity contribution < 1.29 is 28.0 Å². The van der Waals surface area contributed by atoms with Crippen molar-refractivity contribution in [2.75, 3.05) is 44.7 Å². The molecule has 3 aliphatic rings. The first-order valence-electron chi connectivity index (χ1n) is 15.4. The van der Waals surface area contributed by atoms with E-state index in [4.69, 9.17) is 14.5 Å². The van der Waals surface area contributed by atoms with Gasteiger partial charge in [-0.3, -0.25) is 0 Å². The van der Waals surface area contributed by atoms with E-state index in [0.29, 0.717) is 48.0 Å². The monoisotopic (exact) mass is 607 g/mol. The Morgan fingerprint density at radius 1 is 1.30 bits per heavy atom. The molecule has 2 unspecified atom stereocenters. The smallest absolute Gasteiger partial charge is 0.375 e. The summed E-state index contributed by atoms with van der Waals surface area (Å²) in [6, 6.07) is 2.03. The number of nitrogens with one attached hydrogen (secondary N) is 3. The van der Waals surface area contributed by atoms with E-state index in [1.54, 1.807) is 12.3 Å². The predicted octanol–water partition coefficient (Wildman–Crippen LogP) is 3.62. The molecule has 1 aliphatic carbocycles. The maximum Gasteiger partial charge on any atom is 0.411 e. The van der Waals surface area contributed by atoms with Crippen LogP contribution in [0.5, 0.6) is 0 Å². The van der Waals surface area contributed by atoms with E-state index >= 15 is 0 Å². The molecule has 0 amide bonds. The number of piperazine rings is 1. The number of nitrogens with two attached hydrogens (primary N) is 1. The average molecular weight is 608 g/mol. The third-order valence-corrected chi connectivity index (χ3v) is 7.72. The fourth-order valence-electron chi connectivity index (χ4n) is 5.36. The summed E-state index contributed by atoms with van der Waals surface area (Å²) in [5.41, 5.74) is 2.00. The number of aliphatic imine (C=N–C) groups is 1. The van der Waals surface area contributed by atoms with E-state index in [1.807, 2.05) is 5.32 Å². The third kappa shape index (κ3) is 10.7. The summed E-state index contributed by atoms with van der Waals surface area (Å²) in [6.07, 6.45) is 6.25. The molecular weight excluding hydrogens is 561 g/mol. The van der Waals surface area contributed by atoms with E-state index in [0.717, 1.165) is 56.7 Å². The number of aromatic nitrogens is 2. The Kier molecular flexibility index (Phi) is 12.1. The molecule has 2 aliphatic heterocycles.